The Labute approximate surface area is 162 Å². The molecule has 0 spiro atoms. The zero-order chi connectivity index (χ0) is 18.7. The standard InChI is InChI=1S/C20H24BrN3O2/c1-14-7-8-17(16(21)13-14)22-20(26)15(2)23-9-11-24(12-10-23)18-5-3-4-6-19(18)25/h3-8,13,15,25H,9-12H2,1-2H3,(H,22,26)/p+1/t15-/m1/s1. The number of hydrogen-bond acceptors (Lipinski definition) is 3. The Balaban J connectivity index is 1.58. The van der Waals surface area contributed by atoms with Crippen LogP contribution in [0.25, 0.3) is 0 Å². The summed E-state index contributed by atoms with van der Waals surface area (Å²) in [6.07, 6.45) is 0. The number of amides is 1. The van der Waals surface area contributed by atoms with Gasteiger partial charge in [-0.05, 0) is 59.6 Å². The van der Waals surface area contributed by atoms with Crippen LogP contribution in [0.3, 0.4) is 0 Å². The van der Waals surface area contributed by atoms with Crippen molar-refractivity contribution in [3.63, 3.8) is 0 Å². The highest BCUT2D eigenvalue weighted by molar-refractivity contribution is 9.10. The lowest BCUT2D eigenvalue weighted by Gasteiger charge is -2.36. The highest BCUT2D eigenvalue weighted by Crippen LogP contribution is 2.26. The topological polar surface area (TPSA) is 57.0 Å². The summed E-state index contributed by atoms with van der Waals surface area (Å²) < 4.78 is 0.900. The first-order valence-electron chi connectivity index (χ1n) is 8.90. The lowest BCUT2D eigenvalue weighted by molar-refractivity contribution is -0.914. The second-order valence-corrected chi connectivity index (χ2v) is 7.68. The summed E-state index contributed by atoms with van der Waals surface area (Å²) in [7, 11) is 0. The molecule has 0 saturated carbocycles. The Morgan fingerprint density at radius 3 is 2.58 bits per heavy atom. The van der Waals surface area contributed by atoms with Crippen LogP contribution in [0, 0.1) is 6.92 Å². The largest absolute Gasteiger partial charge is 0.506 e. The molecule has 0 bridgehead atoms. The summed E-state index contributed by atoms with van der Waals surface area (Å²) in [6, 6.07) is 13.2. The van der Waals surface area contributed by atoms with Crippen molar-refractivity contribution >= 4 is 33.2 Å². The van der Waals surface area contributed by atoms with E-state index in [0.717, 1.165) is 47.6 Å². The van der Waals surface area contributed by atoms with Crippen LogP contribution in [-0.2, 0) is 4.79 Å². The number of quaternary nitrogens is 1. The van der Waals surface area contributed by atoms with Crippen molar-refractivity contribution in [1.29, 1.82) is 0 Å². The number of aryl methyl sites for hydroxylation is 1. The van der Waals surface area contributed by atoms with Crippen molar-refractivity contribution in [2.24, 2.45) is 0 Å². The van der Waals surface area contributed by atoms with Gasteiger partial charge in [0, 0.05) is 4.47 Å². The maximum absolute atomic E-state index is 12.6. The molecular weight excluding hydrogens is 394 g/mol. The minimum atomic E-state index is -0.130. The number of nitrogens with one attached hydrogen (secondary N) is 2. The van der Waals surface area contributed by atoms with E-state index in [2.05, 4.69) is 26.1 Å². The smallest absolute Gasteiger partial charge is 0.282 e. The average molecular weight is 419 g/mol. The molecule has 0 aliphatic carbocycles. The maximum Gasteiger partial charge on any atom is 0.282 e. The molecule has 138 valence electrons. The Hall–Kier alpha value is -2.05. The first kappa shape index (κ1) is 18.7. The average Bonchev–Trinajstić information content (AvgIpc) is 2.64. The van der Waals surface area contributed by atoms with E-state index in [9.17, 15) is 9.90 Å². The minimum Gasteiger partial charge on any atom is -0.506 e. The fourth-order valence-corrected chi connectivity index (χ4v) is 3.94. The van der Waals surface area contributed by atoms with Gasteiger partial charge in [0.15, 0.2) is 6.04 Å². The molecule has 2 aromatic carbocycles. The molecule has 2 aromatic rings. The van der Waals surface area contributed by atoms with Crippen molar-refractivity contribution in [3.05, 3.63) is 52.5 Å². The van der Waals surface area contributed by atoms with Crippen LogP contribution < -0.4 is 15.1 Å². The van der Waals surface area contributed by atoms with Crippen LogP contribution in [0.4, 0.5) is 11.4 Å². The first-order chi connectivity index (χ1) is 12.5. The quantitative estimate of drug-likeness (QED) is 0.713. The number of aromatic hydroxyl groups is 1. The molecule has 6 heteroatoms. The Bertz CT molecular complexity index is 788. The molecule has 0 radical (unpaired) electrons. The van der Waals surface area contributed by atoms with Crippen LogP contribution in [-0.4, -0.2) is 43.2 Å². The number of carbonyl (C=O) groups is 1. The molecule has 1 saturated heterocycles. The summed E-state index contributed by atoms with van der Waals surface area (Å²) >= 11 is 3.51. The van der Waals surface area contributed by atoms with Crippen LogP contribution in [0.1, 0.15) is 12.5 Å². The molecular formula is C20H25BrN3O2+. The molecule has 1 aliphatic rings. The summed E-state index contributed by atoms with van der Waals surface area (Å²) in [5.41, 5.74) is 2.82. The second kappa shape index (κ2) is 8.10. The van der Waals surface area contributed by atoms with Crippen molar-refractivity contribution in [2.45, 2.75) is 19.9 Å². The minimum absolute atomic E-state index is 0.0283. The van der Waals surface area contributed by atoms with Gasteiger partial charge in [-0.3, -0.25) is 4.79 Å². The predicted molar refractivity (Wildman–Crippen MR) is 108 cm³/mol. The predicted octanol–water partition coefficient (Wildman–Crippen LogP) is 2.20. The number of piperazine rings is 1. The third-order valence-electron chi connectivity index (χ3n) is 5.02. The molecule has 0 unspecified atom stereocenters. The molecule has 5 nitrogen and oxygen atoms in total. The third-order valence-corrected chi connectivity index (χ3v) is 5.67. The van der Waals surface area contributed by atoms with E-state index in [1.54, 1.807) is 6.07 Å². The molecule has 3 N–H and O–H groups in total. The van der Waals surface area contributed by atoms with Crippen LogP contribution >= 0.6 is 15.9 Å². The van der Waals surface area contributed by atoms with E-state index < -0.39 is 0 Å². The van der Waals surface area contributed by atoms with Gasteiger partial charge in [0.2, 0.25) is 0 Å². The van der Waals surface area contributed by atoms with Crippen LogP contribution in [0.15, 0.2) is 46.9 Å². The van der Waals surface area contributed by atoms with E-state index in [0.29, 0.717) is 5.75 Å². The van der Waals surface area contributed by atoms with Gasteiger partial charge >= 0.3 is 0 Å². The van der Waals surface area contributed by atoms with Gasteiger partial charge in [-0.15, -0.1) is 0 Å². The number of phenols is 1. The molecule has 26 heavy (non-hydrogen) atoms. The van der Waals surface area contributed by atoms with Gasteiger partial charge in [-0.25, -0.2) is 0 Å². The first-order valence-corrected chi connectivity index (χ1v) is 9.69. The number of halogens is 1. The molecule has 1 aliphatic heterocycles. The molecule has 1 heterocycles. The van der Waals surface area contributed by atoms with Gasteiger partial charge in [0.1, 0.15) is 5.75 Å². The van der Waals surface area contributed by atoms with Crippen molar-refractivity contribution < 1.29 is 14.8 Å². The van der Waals surface area contributed by atoms with E-state index >= 15 is 0 Å². The second-order valence-electron chi connectivity index (χ2n) is 6.83. The molecule has 1 fully saturated rings. The number of hydrogen-bond donors (Lipinski definition) is 3. The highest BCUT2D eigenvalue weighted by atomic mass is 79.9. The Morgan fingerprint density at radius 2 is 1.92 bits per heavy atom. The van der Waals surface area contributed by atoms with E-state index in [-0.39, 0.29) is 11.9 Å². The number of anilines is 2. The molecule has 1 atom stereocenters. The lowest BCUT2D eigenvalue weighted by atomic mass is 10.1. The third kappa shape index (κ3) is 4.19. The molecule has 1 amide bonds. The number of benzene rings is 2. The number of para-hydroxylation sites is 2. The normalized spacial score (nSPS) is 16.3. The number of nitrogens with zero attached hydrogens (tertiary/aromatic N) is 1. The highest BCUT2D eigenvalue weighted by Gasteiger charge is 2.30. The van der Waals surface area contributed by atoms with E-state index in [1.807, 2.05) is 50.2 Å². The van der Waals surface area contributed by atoms with Gasteiger partial charge < -0.3 is 20.2 Å². The zero-order valence-corrected chi connectivity index (χ0v) is 16.7. The van der Waals surface area contributed by atoms with Gasteiger partial charge in [0.25, 0.3) is 5.91 Å². The number of phenolic OH excluding ortho intramolecular Hbond substituents is 1. The van der Waals surface area contributed by atoms with Crippen molar-refractivity contribution in [1.82, 2.24) is 0 Å². The van der Waals surface area contributed by atoms with Crippen LogP contribution in [0.5, 0.6) is 5.75 Å². The Morgan fingerprint density at radius 1 is 1.23 bits per heavy atom. The van der Waals surface area contributed by atoms with Gasteiger partial charge in [-0.1, -0.05) is 18.2 Å². The fourth-order valence-electron chi connectivity index (χ4n) is 3.35. The maximum atomic E-state index is 12.6. The van der Waals surface area contributed by atoms with E-state index in [4.69, 9.17) is 0 Å². The summed E-state index contributed by atoms with van der Waals surface area (Å²) in [4.78, 5) is 16.1. The van der Waals surface area contributed by atoms with Crippen molar-refractivity contribution in [2.75, 3.05) is 36.4 Å². The SMILES string of the molecule is Cc1ccc(NC(=O)[C@@H](C)[NH+]2CCN(c3ccccc3O)CC2)c(Br)c1. The van der Waals surface area contributed by atoms with Crippen LogP contribution in [0.2, 0.25) is 0 Å². The number of rotatable bonds is 4. The van der Waals surface area contributed by atoms with Gasteiger partial charge in [0.05, 0.1) is 37.6 Å². The summed E-state index contributed by atoms with van der Waals surface area (Å²) in [6.45, 7) is 7.35. The van der Waals surface area contributed by atoms with Gasteiger partial charge in [-0.2, -0.15) is 0 Å². The molecule has 0 aromatic heterocycles. The number of carbonyl (C=O) groups excluding carboxylic acids is 1. The van der Waals surface area contributed by atoms with E-state index in [1.165, 1.54) is 4.90 Å². The zero-order valence-electron chi connectivity index (χ0n) is 15.1. The Kier molecular flexibility index (Phi) is 5.84. The lowest BCUT2D eigenvalue weighted by Crippen LogP contribution is -3.19. The summed E-state index contributed by atoms with van der Waals surface area (Å²) in [5.74, 6) is 0.339. The molecule has 3 rings (SSSR count). The monoisotopic (exact) mass is 418 g/mol. The van der Waals surface area contributed by atoms with Crippen molar-refractivity contribution in [3.8, 4) is 5.75 Å². The fraction of sp³-hybridized carbons (Fsp3) is 0.350. The summed E-state index contributed by atoms with van der Waals surface area (Å²) in [5, 5.41) is 13.0.